The van der Waals surface area contributed by atoms with Gasteiger partial charge in [-0.25, -0.2) is 29.4 Å². The molecule has 1 N–H and O–H groups in total. The van der Waals surface area contributed by atoms with Gasteiger partial charge < -0.3 is 9.72 Å². The van der Waals surface area contributed by atoms with Gasteiger partial charge >= 0.3 is 11.9 Å². The van der Waals surface area contributed by atoms with Gasteiger partial charge in [0.15, 0.2) is 17.2 Å². The van der Waals surface area contributed by atoms with Crippen LogP contribution in [0.3, 0.4) is 0 Å². The molecule has 38 heavy (non-hydrogen) atoms. The Bertz CT molecular complexity index is 1720. The summed E-state index contributed by atoms with van der Waals surface area (Å²) in [5, 5.41) is 3.68. The first kappa shape index (κ1) is 23.8. The fourth-order valence-corrected chi connectivity index (χ4v) is 4.43. The van der Waals surface area contributed by atoms with Gasteiger partial charge in [0.1, 0.15) is 17.4 Å². The van der Waals surface area contributed by atoms with Crippen molar-refractivity contribution in [1.29, 1.82) is 0 Å². The number of aromatic amines is 1. The molecule has 1 aliphatic rings. The van der Waals surface area contributed by atoms with Crippen LogP contribution in [0.1, 0.15) is 41.4 Å². The Morgan fingerprint density at radius 1 is 1.13 bits per heavy atom. The molecule has 1 aromatic carbocycles. The topological polar surface area (TPSA) is 116 Å². The molecule has 0 spiro atoms. The number of fused-ring (bicyclic) bond motifs is 1. The maximum absolute atomic E-state index is 13.0. The van der Waals surface area contributed by atoms with Crippen molar-refractivity contribution < 1.29 is 17.9 Å². The Morgan fingerprint density at radius 3 is 2.55 bits per heavy atom. The van der Waals surface area contributed by atoms with E-state index in [1.165, 1.54) is 22.7 Å². The van der Waals surface area contributed by atoms with E-state index in [0.29, 0.717) is 45.7 Å². The van der Waals surface area contributed by atoms with E-state index in [1.54, 1.807) is 37.4 Å². The normalized spacial score (nSPS) is 13.8. The number of rotatable bonds is 6. The Hall–Kier alpha value is -4.55. The maximum atomic E-state index is 13.0. The van der Waals surface area contributed by atoms with Crippen molar-refractivity contribution in [3.05, 3.63) is 76.0 Å². The molecule has 0 radical (unpaired) electrons. The van der Waals surface area contributed by atoms with Crippen LogP contribution in [0.2, 0.25) is 0 Å². The quantitative estimate of drug-likeness (QED) is 0.358. The van der Waals surface area contributed by atoms with Crippen LogP contribution >= 0.6 is 0 Å². The SMILES string of the molecule is COc1ncnc(C2CC2)c1-c1ncc2[nH]c(=O)n(Cc3ccc(-n4nc(C(F)(F)F)cc4C)cc3)c2n1. The second-order valence-corrected chi connectivity index (χ2v) is 9.11. The molecule has 13 heteroatoms. The molecule has 0 amide bonds. The van der Waals surface area contributed by atoms with Crippen LogP contribution in [0, 0.1) is 6.92 Å². The monoisotopic (exact) mass is 522 g/mol. The lowest BCUT2D eigenvalue weighted by Crippen LogP contribution is -2.18. The number of nitrogens with zero attached hydrogens (tertiary/aromatic N) is 7. The highest BCUT2D eigenvalue weighted by Gasteiger charge is 2.34. The zero-order valence-electron chi connectivity index (χ0n) is 20.3. The first-order chi connectivity index (χ1) is 18.2. The predicted octanol–water partition coefficient (Wildman–Crippen LogP) is 4.02. The number of methoxy groups -OCH3 is 1. The molecular formula is C25H21F3N8O2. The summed E-state index contributed by atoms with van der Waals surface area (Å²) < 4.78 is 47.3. The van der Waals surface area contributed by atoms with E-state index >= 15 is 0 Å². The minimum absolute atomic E-state index is 0.180. The molecule has 1 aliphatic carbocycles. The number of aryl methyl sites for hydroxylation is 1. The second kappa shape index (κ2) is 8.78. The highest BCUT2D eigenvalue weighted by Crippen LogP contribution is 2.44. The van der Waals surface area contributed by atoms with Gasteiger partial charge in [-0.1, -0.05) is 12.1 Å². The number of aromatic nitrogens is 8. The third-order valence-corrected chi connectivity index (χ3v) is 6.43. The van der Waals surface area contributed by atoms with Crippen LogP contribution in [-0.2, 0) is 12.7 Å². The van der Waals surface area contributed by atoms with E-state index in [9.17, 15) is 18.0 Å². The third-order valence-electron chi connectivity index (χ3n) is 6.43. The number of benzene rings is 1. The lowest BCUT2D eigenvalue weighted by Gasteiger charge is -2.11. The zero-order valence-corrected chi connectivity index (χ0v) is 20.3. The molecule has 0 unspecified atom stereocenters. The molecule has 0 saturated heterocycles. The molecule has 194 valence electrons. The Kier molecular flexibility index (Phi) is 5.51. The second-order valence-electron chi connectivity index (χ2n) is 9.11. The number of hydrogen-bond acceptors (Lipinski definition) is 7. The number of alkyl halides is 3. The summed E-state index contributed by atoms with van der Waals surface area (Å²) in [5.74, 6) is 1.01. The smallest absolute Gasteiger partial charge is 0.435 e. The summed E-state index contributed by atoms with van der Waals surface area (Å²) in [6, 6.07) is 7.78. The van der Waals surface area contributed by atoms with Crippen LogP contribution in [0.5, 0.6) is 5.88 Å². The Morgan fingerprint density at radius 2 is 1.89 bits per heavy atom. The molecule has 1 saturated carbocycles. The van der Waals surface area contributed by atoms with Gasteiger partial charge in [0.05, 0.1) is 31.2 Å². The summed E-state index contributed by atoms with van der Waals surface area (Å²) in [6.45, 7) is 1.74. The summed E-state index contributed by atoms with van der Waals surface area (Å²) in [4.78, 5) is 33.3. The van der Waals surface area contributed by atoms with E-state index in [4.69, 9.17) is 4.74 Å². The van der Waals surface area contributed by atoms with Gasteiger partial charge in [-0.3, -0.25) is 4.57 Å². The standard InChI is InChI=1S/C25H21F3N8O2/c1-13-9-18(25(26,27)28)34-36(13)16-7-3-14(4-8-16)11-35-22-17(32-24(35)37)10-29-21(33-22)19-20(15-5-6-15)30-12-31-23(19)38-2/h3-4,7-10,12,15H,5-6,11H2,1-2H3,(H,32,37). The summed E-state index contributed by atoms with van der Waals surface area (Å²) in [5.41, 5.74) is 2.54. The van der Waals surface area contributed by atoms with Gasteiger partial charge in [0.25, 0.3) is 0 Å². The highest BCUT2D eigenvalue weighted by atomic mass is 19.4. The van der Waals surface area contributed by atoms with Gasteiger partial charge in [-0.2, -0.15) is 18.3 Å². The summed E-state index contributed by atoms with van der Waals surface area (Å²) >= 11 is 0. The molecule has 4 heterocycles. The number of imidazole rings is 1. The molecule has 1 fully saturated rings. The largest absolute Gasteiger partial charge is 0.480 e. The maximum Gasteiger partial charge on any atom is 0.435 e. The van der Waals surface area contributed by atoms with Gasteiger partial charge in [-0.15, -0.1) is 0 Å². The number of hydrogen-bond donors (Lipinski definition) is 1. The van der Waals surface area contributed by atoms with E-state index in [-0.39, 0.29) is 12.2 Å². The van der Waals surface area contributed by atoms with Crippen LogP contribution in [0.4, 0.5) is 13.2 Å². The molecular weight excluding hydrogens is 501 g/mol. The third kappa shape index (κ3) is 4.19. The van der Waals surface area contributed by atoms with Crippen molar-refractivity contribution in [2.24, 2.45) is 0 Å². The number of halogens is 3. The first-order valence-corrected chi connectivity index (χ1v) is 11.8. The Labute approximate surface area is 213 Å². The molecule has 0 bridgehead atoms. The van der Waals surface area contributed by atoms with Crippen LogP contribution in [-0.4, -0.2) is 46.4 Å². The van der Waals surface area contributed by atoms with Crippen LogP contribution in [0.25, 0.3) is 28.2 Å². The lowest BCUT2D eigenvalue weighted by atomic mass is 10.1. The van der Waals surface area contributed by atoms with Crippen molar-refractivity contribution in [2.75, 3.05) is 7.11 Å². The van der Waals surface area contributed by atoms with Crippen molar-refractivity contribution in [2.45, 2.75) is 38.4 Å². The number of nitrogens with one attached hydrogen (secondary N) is 1. The fourth-order valence-electron chi connectivity index (χ4n) is 4.43. The van der Waals surface area contributed by atoms with E-state index in [0.717, 1.165) is 30.2 Å². The molecule has 4 aromatic heterocycles. The average molecular weight is 522 g/mol. The molecule has 10 nitrogen and oxygen atoms in total. The van der Waals surface area contributed by atoms with Crippen molar-refractivity contribution >= 4 is 11.2 Å². The van der Waals surface area contributed by atoms with Crippen LogP contribution < -0.4 is 10.4 Å². The first-order valence-electron chi connectivity index (χ1n) is 11.8. The number of H-pyrrole nitrogens is 1. The molecule has 0 atom stereocenters. The van der Waals surface area contributed by atoms with Crippen LogP contribution in [0.15, 0.2) is 47.7 Å². The van der Waals surface area contributed by atoms with Crippen molar-refractivity contribution in [3.63, 3.8) is 0 Å². The molecule has 6 rings (SSSR count). The minimum Gasteiger partial charge on any atom is -0.480 e. The predicted molar refractivity (Wildman–Crippen MR) is 130 cm³/mol. The summed E-state index contributed by atoms with van der Waals surface area (Å²) in [7, 11) is 1.52. The van der Waals surface area contributed by atoms with Crippen molar-refractivity contribution in [1.82, 2.24) is 39.3 Å². The summed E-state index contributed by atoms with van der Waals surface area (Å²) in [6.07, 6.45) is 0.494. The van der Waals surface area contributed by atoms with E-state index in [1.807, 2.05) is 0 Å². The number of ether oxygens (including phenoxy) is 1. The average Bonchev–Trinajstić information content (AvgIpc) is 3.60. The Balaban J connectivity index is 1.35. The van der Waals surface area contributed by atoms with Crippen molar-refractivity contribution in [3.8, 4) is 23.0 Å². The van der Waals surface area contributed by atoms with E-state index < -0.39 is 11.9 Å². The lowest BCUT2D eigenvalue weighted by molar-refractivity contribution is -0.141. The van der Waals surface area contributed by atoms with Gasteiger partial charge in [0, 0.05) is 11.6 Å². The fraction of sp³-hybridized carbons (Fsp3) is 0.280. The molecule has 5 aromatic rings. The zero-order chi connectivity index (χ0) is 26.6. The minimum atomic E-state index is -4.53. The van der Waals surface area contributed by atoms with E-state index in [2.05, 4.69) is 30.0 Å². The molecule has 0 aliphatic heterocycles. The van der Waals surface area contributed by atoms with Gasteiger partial charge in [0.2, 0.25) is 5.88 Å². The van der Waals surface area contributed by atoms with Gasteiger partial charge in [-0.05, 0) is 43.5 Å². The highest BCUT2D eigenvalue weighted by molar-refractivity contribution is 5.75.